The van der Waals surface area contributed by atoms with Crippen molar-refractivity contribution in [2.45, 2.75) is 24.6 Å². The van der Waals surface area contributed by atoms with Crippen molar-refractivity contribution in [1.82, 2.24) is 4.31 Å². The lowest BCUT2D eigenvalue weighted by molar-refractivity contribution is -0.134. The summed E-state index contributed by atoms with van der Waals surface area (Å²) in [5, 5.41) is 9.05. The first-order valence-electron chi connectivity index (χ1n) is 5.31. The third-order valence-electron chi connectivity index (χ3n) is 2.60. The maximum absolute atomic E-state index is 12.2. The summed E-state index contributed by atoms with van der Waals surface area (Å²) in [7, 11) is -3.36. The molecule has 0 radical (unpaired) electrons. The normalized spacial score (nSPS) is 13.0. The van der Waals surface area contributed by atoms with Crippen LogP contribution in [-0.2, 0) is 16.6 Å². The average molecular weight is 297 g/mol. The minimum atomic E-state index is -4.60. The SMILES string of the molecule is Cc1ccc(S(=O)(=O)N(C)CC(F)(F)F)cc1CO. The molecule has 0 amide bonds. The molecule has 0 bridgehead atoms. The zero-order valence-electron chi connectivity index (χ0n) is 10.4. The Morgan fingerprint density at radius 2 is 1.89 bits per heavy atom. The van der Waals surface area contributed by atoms with Crippen molar-refractivity contribution >= 4 is 10.0 Å². The highest BCUT2D eigenvalue weighted by molar-refractivity contribution is 7.89. The first-order chi connectivity index (χ1) is 8.58. The predicted octanol–water partition coefficient (Wildman–Crippen LogP) is 1.67. The highest BCUT2D eigenvalue weighted by Gasteiger charge is 2.34. The molecule has 4 nitrogen and oxygen atoms in total. The van der Waals surface area contributed by atoms with Gasteiger partial charge in [-0.25, -0.2) is 8.42 Å². The van der Waals surface area contributed by atoms with Gasteiger partial charge in [0.1, 0.15) is 6.54 Å². The fraction of sp³-hybridized carbons (Fsp3) is 0.455. The molecule has 19 heavy (non-hydrogen) atoms. The van der Waals surface area contributed by atoms with Crippen molar-refractivity contribution in [2.75, 3.05) is 13.6 Å². The molecule has 0 saturated heterocycles. The van der Waals surface area contributed by atoms with Crippen LogP contribution in [0.3, 0.4) is 0 Å². The summed E-state index contributed by atoms with van der Waals surface area (Å²) in [5.74, 6) is 0. The maximum Gasteiger partial charge on any atom is 0.402 e. The van der Waals surface area contributed by atoms with E-state index < -0.39 is 22.7 Å². The van der Waals surface area contributed by atoms with Gasteiger partial charge < -0.3 is 5.11 Å². The van der Waals surface area contributed by atoms with Gasteiger partial charge in [0.05, 0.1) is 11.5 Å². The molecule has 0 atom stereocenters. The summed E-state index contributed by atoms with van der Waals surface area (Å²) >= 11 is 0. The Morgan fingerprint density at radius 3 is 2.37 bits per heavy atom. The molecule has 8 heteroatoms. The van der Waals surface area contributed by atoms with Crippen LogP contribution in [0.4, 0.5) is 13.2 Å². The topological polar surface area (TPSA) is 57.6 Å². The molecule has 1 aromatic rings. The standard InChI is InChI=1S/C11H14F3NO3S/c1-8-3-4-10(5-9(8)6-16)19(17,18)15(2)7-11(12,13)14/h3-5,16H,6-7H2,1-2H3. The molecule has 0 aliphatic carbocycles. The van der Waals surface area contributed by atoms with Crippen LogP contribution in [0.5, 0.6) is 0 Å². The third-order valence-corrected chi connectivity index (χ3v) is 4.40. The Kier molecular flexibility index (Phi) is 4.59. The monoisotopic (exact) mass is 297 g/mol. The van der Waals surface area contributed by atoms with Gasteiger partial charge in [0, 0.05) is 7.05 Å². The van der Waals surface area contributed by atoms with Crippen LogP contribution in [-0.4, -0.2) is 37.6 Å². The van der Waals surface area contributed by atoms with Crippen molar-refractivity contribution in [3.05, 3.63) is 29.3 Å². The molecule has 0 fully saturated rings. The summed E-state index contributed by atoms with van der Waals surface area (Å²) in [6.45, 7) is -0.267. The molecule has 1 N–H and O–H groups in total. The van der Waals surface area contributed by atoms with Crippen LogP contribution in [0.1, 0.15) is 11.1 Å². The van der Waals surface area contributed by atoms with Crippen molar-refractivity contribution < 1.29 is 26.7 Å². The fourth-order valence-electron chi connectivity index (χ4n) is 1.50. The molecule has 0 spiro atoms. The van der Waals surface area contributed by atoms with Gasteiger partial charge in [-0.3, -0.25) is 0 Å². The van der Waals surface area contributed by atoms with E-state index in [1.165, 1.54) is 18.2 Å². The Balaban J connectivity index is 3.13. The van der Waals surface area contributed by atoms with Gasteiger partial charge in [0.15, 0.2) is 0 Å². The lowest BCUT2D eigenvalue weighted by Crippen LogP contribution is -2.35. The van der Waals surface area contributed by atoms with Crippen molar-refractivity contribution in [3.63, 3.8) is 0 Å². The first-order valence-corrected chi connectivity index (χ1v) is 6.75. The minimum Gasteiger partial charge on any atom is -0.392 e. The van der Waals surface area contributed by atoms with Gasteiger partial charge in [-0.2, -0.15) is 17.5 Å². The summed E-state index contributed by atoms with van der Waals surface area (Å²) < 4.78 is 60.7. The Labute approximate surface area is 109 Å². The van der Waals surface area contributed by atoms with Crippen molar-refractivity contribution in [1.29, 1.82) is 0 Å². The number of alkyl halides is 3. The number of nitrogens with zero attached hydrogens (tertiary/aromatic N) is 1. The number of hydrogen-bond donors (Lipinski definition) is 1. The molecule has 0 aromatic heterocycles. The van der Waals surface area contributed by atoms with E-state index in [1.54, 1.807) is 6.92 Å². The quantitative estimate of drug-likeness (QED) is 0.919. The lowest BCUT2D eigenvalue weighted by Gasteiger charge is -2.19. The molecule has 0 aliphatic rings. The van der Waals surface area contributed by atoms with Crippen molar-refractivity contribution in [2.24, 2.45) is 0 Å². The average Bonchev–Trinajstić information content (AvgIpc) is 2.27. The summed E-state index contributed by atoms with van der Waals surface area (Å²) in [6, 6.07) is 3.84. The summed E-state index contributed by atoms with van der Waals surface area (Å²) in [6.07, 6.45) is -4.60. The molecule has 0 unspecified atom stereocenters. The molecule has 1 rings (SSSR count). The second-order valence-corrected chi connectivity index (χ2v) is 6.17. The zero-order valence-corrected chi connectivity index (χ0v) is 11.2. The highest BCUT2D eigenvalue weighted by atomic mass is 32.2. The van der Waals surface area contributed by atoms with Crippen LogP contribution in [0.25, 0.3) is 0 Å². The van der Waals surface area contributed by atoms with E-state index in [2.05, 4.69) is 0 Å². The minimum absolute atomic E-state index is 0.235. The molecular formula is C11H14F3NO3S. The number of halogens is 3. The van der Waals surface area contributed by atoms with Crippen LogP contribution >= 0.6 is 0 Å². The summed E-state index contributed by atoms with van der Waals surface area (Å²) in [5.41, 5.74) is 1.03. The fourth-order valence-corrected chi connectivity index (χ4v) is 2.70. The van der Waals surface area contributed by atoms with E-state index in [4.69, 9.17) is 5.11 Å². The number of aliphatic hydroxyl groups excluding tert-OH is 1. The van der Waals surface area contributed by atoms with E-state index in [0.717, 1.165) is 7.05 Å². The smallest absolute Gasteiger partial charge is 0.392 e. The Morgan fingerprint density at radius 1 is 1.32 bits per heavy atom. The van der Waals surface area contributed by atoms with Crippen LogP contribution < -0.4 is 0 Å². The second-order valence-electron chi connectivity index (χ2n) is 4.12. The van der Waals surface area contributed by atoms with Gasteiger partial charge in [-0.05, 0) is 30.2 Å². The second kappa shape index (κ2) is 5.48. The lowest BCUT2D eigenvalue weighted by atomic mass is 10.1. The zero-order chi connectivity index (χ0) is 14.8. The predicted molar refractivity (Wildman–Crippen MR) is 63.0 cm³/mol. The van der Waals surface area contributed by atoms with Crippen molar-refractivity contribution in [3.8, 4) is 0 Å². The number of aliphatic hydroxyl groups is 1. The van der Waals surface area contributed by atoms with Crippen LogP contribution in [0.2, 0.25) is 0 Å². The van der Waals surface area contributed by atoms with Crippen LogP contribution in [0, 0.1) is 6.92 Å². The first kappa shape index (κ1) is 15.9. The molecule has 1 aromatic carbocycles. The van der Waals surface area contributed by atoms with Crippen LogP contribution in [0.15, 0.2) is 23.1 Å². The summed E-state index contributed by atoms with van der Waals surface area (Å²) in [4.78, 5) is -0.270. The van der Waals surface area contributed by atoms with Gasteiger partial charge in [0.25, 0.3) is 0 Å². The molecule has 108 valence electrons. The van der Waals surface area contributed by atoms with Gasteiger partial charge in [-0.15, -0.1) is 0 Å². The third kappa shape index (κ3) is 3.92. The molecule has 0 heterocycles. The Hall–Kier alpha value is -1.12. The van der Waals surface area contributed by atoms with E-state index in [1.807, 2.05) is 0 Å². The van der Waals surface area contributed by atoms with E-state index in [-0.39, 0.29) is 15.8 Å². The molecule has 0 aliphatic heterocycles. The largest absolute Gasteiger partial charge is 0.402 e. The Bertz CT molecular complexity index is 555. The van der Waals surface area contributed by atoms with Gasteiger partial charge >= 0.3 is 6.18 Å². The number of rotatable bonds is 4. The van der Waals surface area contributed by atoms with Gasteiger partial charge in [-0.1, -0.05) is 6.07 Å². The van der Waals surface area contributed by atoms with Gasteiger partial charge in [0.2, 0.25) is 10.0 Å². The van der Waals surface area contributed by atoms with E-state index in [0.29, 0.717) is 11.1 Å². The highest BCUT2D eigenvalue weighted by Crippen LogP contribution is 2.23. The molecule has 0 saturated carbocycles. The number of hydrogen-bond acceptors (Lipinski definition) is 3. The number of sulfonamides is 1. The molecular weight excluding hydrogens is 283 g/mol. The van der Waals surface area contributed by atoms with E-state index in [9.17, 15) is 21.6 Å². The maximum atomic E-state index is 12.2. The van der Waals surface area contributed by atoms with E-state index >= 15 is 0 Å². The number of benzene rings is 1. The number of aryl methyl sites for hydroxylation is 1.